The Labute approximate surface area is 161 Å². The summed E-state index contributed by atoms with van der Waals surface area (Å²) in [5.41, 5.74) is 2.96. The van der Waals surface area contributed by atoms with Gasteiger partial charge in [0.2, 0.25) is 5.91 Å². The van der Waals surface area contributed by atoms with Gasteiger partial charge in [0.05, 0.1) is 5.92 Å². The number of rotatable bonds is 8. The molecule has 3 aromatic carbocycles. The number of carbonyl (C=O) groups is 1. The molecule has 3 rings (SSSR count). The van der Waals surface area contributed by atoms with Gasteiger partial charge < -0.3 is 10.1 Å². The van der Waals surface area contributed by atoms with E-state index in [4.69, 9.17) is 4.74 Å². The number of hydrogen-bond acceptors (Lipinski definition) is 2. The predicted molar refractivity (Wildman–Crippen MR) is 110 cm³/mol. The number of hydrogen-bond donors (Lipinski definition) is 1. The zero-order valence-corrected chi connectivity index (χ0v) is 15.6. The van der Waals surface area contributed by atoms with Gasteiger partial charge in [0.15, 0.2) is 0 Å². The minimum atomic E-state index is -0.134. The molecule has 1 atom stereocenters. The third-order valence-corrected chi connectivity index (χ3v) is 4.47. The second-order valence-corrected chi connectivity index (χ2v) is 6.54. The van der Waals surface area contributed by atoms with Gasteiger partial charge in [-0.25, -0.2) is 0 Å². The van der Waals surface area contributed by atoms with Crippen LogP contribution in [0, 0.1) is 0 Å². The minimum Gasteiger partial charge on any atom is -0.489 e. The summed E-state index contributed by atoms with van der Waals surface area (Å²) in [6, 6.07) is 27.5. The lowest BCUT2D eigenvalue weighted by atomic mass is 9.93. The van der Waals surface area contributed by atoms with Gasteiger partial charge in [0.25, 0.3) is 0 Å². The van der Waals surface area contributed by atoms with Gasteiger partial charge in [-0.2, -0.15) is 0 Å². The summed E-state index contributed by atoms with van der Waals surface area (Å²) in [5, 5.41) is 3.03. The fraction of sp³-hybridized carbons (Fsp3) is 0.208. The van der Waals surface area contributed by atoms with E-state index in [9.17, 15) is 4.79 Å². The summed E-state index contributed by atoms with van der Waals surface area (Å²) in [5.74, 6) is 0.677. The first-order chi connectivity index (χ1) is 13.3. The molecule has 0 heterocycles. The molecule has 27 heavy (non-hydrogen) atoms. The molecule has 0 saturated heterocycles. The third-order valence-electron chi connectivity index (χ3n) is 4.47. The average molecular weight is 359 g/mol. The molecule has 138 valence electrons. The van der Waals surface area contributed by atoms with Gasteiger partial charge in [-0.1, -0.05) is 74.0 Å². The molecule has 3 nitrogen and oxygen atoms in total. The van der Waals surface area contributed by atoms with E-state index >= 15 is 0 Å². The molecule has 0 aromatic heterocycles. The summed E-state index contributed by atoms with van der Waals surface area (Å²) >= 11 is 0. The van der Waals surface area contributed by atoms with E-state index in [2.05, 4.69) is 12.2 Å². The van der Waals surface area contributed by atoms with Crippen molar-refractivity contribution in [2.75, 3.05) is 5.32 Å². The standard InChI is InChI=1S/C24H25NO2/c1-2-9-23(20-12-7-4-8-13-20)24(26)25-21-14-16-22(17-15-21)27-18-19-10-5-3-6-11-19/h3-8,10-17,23H,2,9,18H2,1H3,(H,25,26)/t23-/m1/s1. The number of anilines is 1. The van der Waals surface area contributed by atoms with Crippen LogP contribution in [0.4, 0.5) is 5.69 Å². The van der Waals surface area contributed by atoms with Gasteiger partial charge in [0, 0.05) is 5.69 Å². The Balaban J connectivity index is 1.60. The second kappa shape index (κ2) is 9.58. The quantitative estimate of drug-likeness (QED) is 0.553. The normalized spacial score (nSPS) is 11.6. The Morgan fingerprint density at radius 3 is 2.15 bits per heavy atom. The van der Waals surface area contributed by atoms with Crippen molar-refractivity contribution in [2.45, 2.75) is 32.3 Å². The summed E-state index contributed by atoms with van der Waals surface area (Å²) in [6.45, 7) is 2.63. The lowest BCUT2D eigenvalue weighted by Crippen LogP contribution is -2.21. The smallest absolute Gasteiger partial charge is 0.231 e. The third kappa shape index (κ3) is 5.45. The van der Waals surface area contributed by atoms with E-state index in [1.807, 2.05) is 84.9 Å². The highest BCUT2D eigenvalue weighted by molar-refractivity contribution is 5.95. The molecule has 0 saturated carbocycles. The Morgan fingerprint density at radius 1 is 0.889 bits per heavy atom. The van der Waals surface area contributed by atoms with Crippen LogP contribution in [0.3, 0.4) is 0 Å². The molecular formula is C24H25NO2. The van der Waals surface area contributed by atoms with Gasteiger partial charge in [-0.15, -0.1) is 0 Å². The lowest BCUT2D eigenvalue weighted by Gasteiger charge is -2.17. The van der Waals surface area contributed by atoms with E-state index < -0.39 is 0 Å². The van der Waals surface area contributed by atoms with Crippen molar-refractivity contribution in [2.24, 2.45) is 0 Å². The van der Waals surface area contributed by atoms with Crippen LogP contribution in [0.2, 0.25) is 0 Å². The Hall–Kier alpha value is -3.07. The Kier molecular flexibility index (Phi) is 6.64. The number of ether oxygens (including phenoxy) is 1. The molecule has 0 radical (unpaired) electrons. The first-order valence-corrected chi connectivity index (χ1v) is 9.39. The van der Waals surface area contributed by atoms with E-state index in [0.717, 1.165) is 35.4 Å². The molecule has 0 fully saturated rings. The van der Waals surface area contributed by atoms with Gasteiger partial charge in [-0.3, -0.25) is 4.79 Å². The highest BCUT2D eigenvalue weighted by Crippen LogP contribution is 2.24. The van der Waals surface area contributed by atoms with Crippen molar-refractivity contribution in [3.8, 4) is 5.75 Å². The molecule has 3 aromatic rings. The summed E-state index contributed by atoms with van der Waals surface area (Å²) in [7, 11) is 0. The van der Waals surface area contributed by atoms with Crippen molar-refractivity contribution in [1.82, 2.24) is 0 Å². The van der Waals surface area contributed by atoms with Crippen molar-refractivity contribution in [3.63, 3.8) is 0 Å². The lowest BCUT2D eigenvalue weighted by molar-refractivity contribution is -0.117. The van der Waals surface area contributed by atoms with Gasteiger partial charge in [0.1, 0.15) is 12.4 Å². The van der Waals surface area contributed by atoms with E-state index in [1.165, 1.54) is 0 Å². The molecule has 0 aliphatic carbocycles. The van der Waals surface area contributed by atoms with Crippen LogP contribution < -0.4 is 10.1 Å². The van der Waals surface area contributed by atoms with Crippen LogP contribution in [0.15, 0.2) is 84.9 Å². The number of amides is 1. The van der Waals surface area contributed by atoms with E-state index in [-0.39, 0.29) is 11.8 Å². The summed E-state index contributed by atoms with van der Waals surface area (Å²) in [6.07, 6.45) is 1.79. The minimum absolute atomic E-state index is 0.0287. The van der Waals surface area contributed by atoms with Crippen LogP contribution in [-0.2, 0) is 11.4 Å². The highest BCUT2D eigenvalue weighted by atomic mass is 16.5. The van der Waals surface area contributed by atoms with Crippen LogP contribution in [0.25, 0.3) is 0 Å². The Bertz CT molecular complexity index is 829. The van der Waals surface area contributed by atoms with Crippen molar-refractivity contribution in [1.29, 1.82) is 0 Å². The topological polar surface area (TPSA) is 38.3 Å². The molecule has 0 spiro atoms. The Morgan fingerprint density at radius 2 is 1.52 bits per heavy atom. The van der Waals surface area contributed by atoms with Crippen molar-refractivity contribution >= 4 is 11.6 Å². The number of benzene rings is 3. The summed E-state index contributed by atoms with van der Waals surface area (Å²) in [4.78, 5) is 12.8. The first-order valence-electron chi connectivity index (χ1n) is 9.39. The number of carbonyl (C=O) groups excluding carboxylic acids is 1. The SMILES string of the molecule is CCC[C@@H](C(=O)Nc1ccc(OCc2ccccc2)cc1)c1ccccc1. The van der Waals surface area contributed by atoms with E-state index in [0.29, 0.717) is 6.61 Å². The summed E-state index contributed by atoms with van der Waals surface area (Å²) < 4.78 is 5.79. The fourth-order valence-corrected chi connectivity index (χ4v) is 3.03. The molecule has 0 aliphatic rings. The molecule has 1 amide bonds. The maximum Gasteiger partial charge on any atom is 0.231 e. The van der Waals surface area contributed by atoms with Crippen LogP contribution in [0.1, 0.15) is 36.8 Å². The van der Waals surface area contributed by atoms with Crippen molar-refractivity contribution < 1.29 is 9.53 Å². The molecule has 0 bridgehead atoms. The van der Waals surface area contributed by atoms with Crippen LogP contribution in [0.5, 0.6) is 5.75 Å². The average Bonchev–Trinajstić information content (AvgIpc) is 2.73. The molecular weight excluding hydrogens is 334 g/mol. The fourth-order valence-electron chi connectivity index (χ4n) is 3.03. The van der Waals surface area contributed by atoms with Crippen LogP contribution in [-0.4, -0.2) is 5.91 Å². The first kappa shape index (κ1) is 18.7. The molecule has 0 unspecified atom stereocenters. The second-order valence-electron chi connectivity index (χ2n) is 6.54. The maximum absolute atomic E-state index is 12.8. The zero-order valence-electron chi connectivity index (χ0n) is 15.6. The zero-order chi connectivity index (χ0) is 18.9. The largest absolute Gasteiger partial charge is 0.489 e. The number of nitrogens with one attached hydrogen (secondary N) is 1. The molecule has 0 aliphatic heterocycles. The predicted octanol–water partition coefficient (Wildman–Crippen LogP) is 5.79. The van der Waals surface area contributed by atoms with E-state index in [1.54, 1.807) is 0 Å². The van der Waals surface area contributed by atoms with Gasteiger partial charge >= 0.3 is 0 Å². The maximum atomic E-state index is 12.8. The monoisotopic (exact) mass is 359 g/mol. The highest BCUT2D eigenvalue weighted by Gasteiger charge is 2.19. The van der Waals surface area contributed by atoms with Crippen LogP contribution >= 0.6 is 0 Å². The van der Waals surface area contributed by atoms with Crippen molar-refractivity contribution in [3.05, 3.63) is 96.1 Å². The molecule has 3 heteroatoms. The molecule has 1 N–H and O–H groups in total. The van der Waals surface area contributed by atoms with Gasteiger partial charge in [-0.05, 0) is 41.8 Å².